The van der Waals surface area contributed by atoms with Crippen molar-refractivity contribution >= 4 is 18.0 Å². The lowest BCUT2D eigenvalue weighted by Crippen LogP contribution is -2.18. The van der Waals surface area contributed by atoms with Crippen LogP contribution in [0.15, 0.2) is 42.5 Å². The number of ether oxygens (including phenoxy) is 4. The number of benzene rings is 2. The van der Waals surface area contributed by atoms with E-state index in [1.807, 2.05) is 0 Å². The third-order valence-corrected chi connectivity index (χ3v) is 3.42. The van der Waals surface area contributed by atoms with Crippen LogP contribution in [0.2, 0.25) is 0 Å². The van der Waals surface area contributed by atoms with Crippen LogP contribution in [0.25, 0.3) is 6.08 Å². The predicted molar refractivity (Wildman–Crippen MR) is 91.5 cm³/mol. The van der Waals surface area contributed by atoms with E-state index < -0.39 is 11.9 Å². The summed E-state index contributed by atoms with van der Waals surface area (Å²) in [5.41, 5.74) is 0.822. The van der Waals surface area contributed by atoms with Gasteiger partial charge in [-0.1, -0.05) is 12.1 Å². The number of carboxylic acid groups (broad SMARTS) is 1. The number of carbonyl (C=O) groups is 2. The molecule has 0 aliphatic rings. The van der Waals surface area contributed by atoms with Crippen LogP contribution >= 0.6 is 0 Å². The Morgan fingerprint density at radius 2 is 1.46 bits per heavy atom. The Bertz CT molecular complexity index is 840. The molecule has 2 rings (SSSR count). The minimum absolute atomic E-state index is 0.192. The SMILES string of the molecule is COc1ccc(C(=O)Oc2ccc(/C=C/C(=O)[O-])cc2OC)cc1OC. The van der Waals surface area contributed by atoms with E-state index >= 15 is 0 Å². The van der Waals surface area contributed by atoms with Crippen molar-refractivity contribution in [3.8, 4) is 23.0 Å². The van der Waals surface area contributed by atoms with Crippen LogP contribution in [0.3, 0.4) is 0 Å². The topological polar surface area (TPSA) is 94.1 Å². The van der Waals surface area contributed by atoms with Gasteiger partial charge in [-0.2, -0.15) is 0 Å². The molecule has 0 radical (unpaired) electrons. The molecule has 0 spiro atoms. The Morgan fingerprint density at radius 1 is 0.846 bits per heavy atom. The average Bonchev–Trinajstić information content (AvgIpc) is 2.66. The Morgan fingerprint density at radius 3 is 2.08 bits per heavy atom. The van der Waals surface area contributed by atoms with Crippen LogP contribution in [0, 0.1) is 0 Å². The lowest BCUT2D eigenvalue weighted by molar-refractivity contribution is -0.297. The molecule has 26 heavy (non-hydrogen) atoms. The summed E-state index contributed by atoms with van der Waals surface area (Å²) < 4.78 is 20.8. The van der Waals surface area contributed by atoms with E-state index in [1.54, 1.807) is 18.2 Å². The molecule has 0 aliphatic carbocycles. The summed E-state index contributed by atoms with van der Waals surface area (Å²) in [5, 5.41) is 10.5. The molecule has 136 valence electrons. The first-order chi connectivity index (χ1) is 12.5. The van der Waals surface area contributed by atoms with Crippen LogP contribution in [-0.4, -0.2) is 33.3 Å². The fourth-order valence-corrected chi connectivity index (χ4v) is 2.16. The highest BCUT2D eigenvalue weighted by molar-refractivity contribution is 5.92. The van der Waals surface area contributed by atoms with E-state index in [2.05, 4.69) is 0 Å². The summed E-state index contributed by atoms with van der Waals surface area (Å²) in [7, 11) is 4.38. The van der Waals surface area contributed by atoms with Crippen molar-refractivity contribution in [3.63, 3.8) is 0 Å². The normalized spacial score (nSPS) is 10.4. The zero-order valence-corrected chi connectivity index (χ0v) is 14.5. The molecule has 0 amide bonds. The van der Waals surface area contributed by atoms with Crippen molar-refractivity contribution in [1.82, 2.24) is 0 Å². The van der Waals surface area contributed by atoms with Crippen LogP contribution in [0.1, 0.15) is 15.9 Å². The Hall–Kier alpha value is -3.48. The fraction of sp³-hybridized carbons (Fsp3) is 0.158. The van der Waals surface area contributed by atoms with Crippen molar-refractivity contribution in [2.24, 2.45) is 0 Å². The number of rotatable bonds is 7. The van der Waals surface area contributed by atoms with Gasteiger partial charge in [-0.05, 0) is 42.0 Å². The van der Waals surface area contributed by atoms with Gasteiger partial charge in [0.15, 0.2) is 23.0 Å². The molecular weight excluding hydrogens is 340 g/mol. The Kier molecular flexibility index (Phi) is 6.21. The molecule has 2 aromatic rings. The molecule has 0 fully saturated rings. The molecule has 0 unspecified atom stereocenters. The summed E-state index contributed by atoms with van der Waals surface area (Å²) in [6.45, 7) is 0. The van der Waals surface area contributed by atoms with E-state index in [4.69, 9.17) is 18.9 Å². The van der Waals surface area contributed by atoms with Gasteiger partial charge in [0.1, 0.15) is 0 Å². The number of hydrogen-bond acceptors (Lipinski definition) is 7. The molecule has 2 aromatic carbocycles. The zero-order chi connectivity index (χ0) is 19.1. The highest BCUT2D eigenvalue weighted by Crippen LogP contribution is 2.31. The maximum absolute atomic E-state index is 12.4. The van der Waals surface area contributed by atoms with E-state index in [0.29, 0.717) is 17.1 Å². The molecular formula is C19H17O7-. The molecule has 0 aliphatic heterocycles. The van der Waals surface area contributed by atoms with Crippen molar-refractivity contribution in [2.45, 2.75) is 0 Å². The molecule has 0 saturated heterocycles. The lowest BCUT2D eigenvalue weighted by Gasteiger charge is -2.12. The van der Waals surface area contributed by atoms with Gasteiger partial charge in [0.2, 0.25) is 0 Å². The summed E-state index contributed by atoms with van der Waals surface area (Å²) in [6, 6.07) is 9.28. The van der Waals surface area contributed by atoms with Gasteiger partial charge in [-0.25, -0.2) is 4.79 Å². The lowest BCUT2D eigenvalue weighted by atomic mass is 10.1. The van der Waals surface area contributed by atoms with Crippen LogP contribution in [0.5, 0.6) is 23.0 Å². The molecule has 0 bridgehead atoms. The highest BCUT2D eigenvalue weighted by atomic mass is 16.6. The second kappa shape index (κ2) is 8.57. The molecule has 0 saturated carbocycles. The van der Waals surface area contributed by atoms with Gasteiger partial charge in [0, 0.05) is 0 Å². The third kappa shape index (κ3) is 4.54. The summed E-state index contributed by atoms with van der Waals surface area (Å²) in [5.74, 6) is -0.560. The minimum atomic E-state index is -1.31. The summed E-state index contributed by atoms with van der Waals surface area (Å²) >= 11 is 0. The molecule has 7 heteroatoms. The van der Waals surface area contributed by atoms with Gasteiger partial charge in [-0.15, -0.1) is 0 Å². The average molecular weight is 357 g/mol. The molecule has 0 aromatic heterocycles. The number of aliphatic carboxylic acids is 1. The second-order valence-corrected chi connectivity index (χ2v) is 5.02. The first-order valence-corrected chi connectivity index (χ1v) is 7.49. The van der Waals surface area contributed by atoms with Gasteiger partial charge in [0.25, 0.3) is 0 Å². The van der Waals surface area contributed by atoms with Crippen molar-refractivity contribution in [3.05, 3.63) is 53.6 Å². The first-order valence-electron chi connectivity index (χ1n) is 7.49. The summed E-state index contributed by atoms with van der Waals surface area (Å²) in [4.78, 5) is 22.9. The smallest absolute Gasteiger partial charge is 0.343 e. The van der Waals surface area contributed by atoms with Gasteiger partial charge < -0.3 is 28.8 Å². The van der Waals surface area contributed by atoms with E-state index in [0.717, 1.165) is 6.08 Å². The van der Waals surface area contributed by atoms with Crippen molar-refractivity contribution in [1.29, 1.82) is 0 Å². The predicted octanol–water partition coefficient (Wildman–Crippen LogP) is 1.69. The fourth-order valence-electron chi connectivity index (χ4n) is 2.16. The van der Waals surface area contributed by atoms with Crippen molar-refractivity contribution < 1.29 is 33.6 Å². The van der Waals surface area contributed by atoms with Crippen LogP contribution in [-0.2, 0) is 4.79 Å². The standard InChI is InChI=1S/C19H18O7/c1-23-14-8-6-13(11-17(14)25-3)19(22)26-15-7-4-12(5-9-18(20)21)10-16(15)24-2/h4-11H,1-3H3,(H,20,21)/p-1/b9-5+. The van der Waals surface area contributed by atoms with Gasteiger partial charge >= 0.3 is 5.97 Å². The number of carboxylic acids is 1. The second-order valence-electron chi connectivity index (χ2n) is 5.02. The maximum Gasteiger partial charge on any atom is 0.343 e. The van der Waals surface area contributed by atoms with Crippen molar-refractivity contribution in [2.75, 3.05) is 21.3 Å². The molecule has 7 nitrogen and oxygen atoms in total. The number of hydrogen-bond donors (Lipinski definition) is 0. The van der Waals surface area contributed by atoms with Gasteiger partial charge in [-0.3, -0.25) is 0 Å². The molecule has 0 N–H and O–H groups in total. The minimum Gasteiger partial charge on any atom is -0.545 e. The Balaban J connectivity index is 2.24. The molecule has 0 atom stereocenters. The summed E-state index contributed by atoms with van der Waals surface area (Å²) in [6.07, 6.45) is 2.24. The van der Waals surface area contributed by atoms with E-state index in [1.165, 1.54) is 45.6 Å². The number of methoxy groups -OCH3 is 3. The number of carbonyl (C=O) groups excluding carboxylic acids is 2. The largest absolute Gasteiger partial charge is 0.545 e. The zero-order valence-electron chi connectivity index (χ0n) is 14.5. The van der Waals surface area contributed by atoms with Gasteiger partial charge in [0.05, 0.1) is 32.9 Å². The Labute approximate surface area is 150 Å². The number of esters is 1. The quantitative estimate of drug-likeness (QED) is 0.423. The molecule has 0 heterocycles. The van der Waals surface area contributed by atoms with Crippen LogP contribution < -0.4 is 24.1 Å². The maximum atomic E-state index is 12.4. The van der Waals surface area contributed by atoms with Crippen LogP contribution in [0.4, 0.5) is 0 Å². The van der Waals surface area contributed by atoms with E-state index in [9.17, 15) is 14.7 Å². The highest BCUT2D eigenvalue weighted by Gasteiger charge is 2.15. The first kappa shape index (κ1) is 18.9. The van der Waals surface area contributed by atoms with E-state index in [-0.39, 0.29) is 17.1 Å². The monoisotopic (exact) mass is 357 g/mol. The third-order valence-electron chi connectivity index (χ3n) is 3.42.